The first-order valence-electron chi connectivity index (χ1n) is 5.19. The molecule has 1 aliphatic heterocycles. The first-order chi connectivity index (χ1) is 7.72. The zero-order valence-corrected chi connectivity index (χ0v) is 9.03. The number of ether oxygens (including phenoxy) is 2. The van der Waals surface area contributed by atoms with Gasteiger partial charge in [0.05, 0.1) is 25.2 Å². The molecule has 1 aliphatic rings. The molecule has 0 aromatic heterocycles. The molecule has 1 aromatic carbocycles. The van der Waals surface area contributed by atoms with Gasteiger partial charge < -0.3 is 14.3 Å². The van der Waals surface area contributed by atoms with Crippen LogP contribution in [0.5, 0.6) is 5.75 Å². The predicted octanol–water partition coefficient (Wildman–Crippen LogP) is 1.69. The molecule has 1 aromatic rings. The van der Waals surface area contributed by atoms with Gasteiger partial charge in [-0.3, -0.25) is 0 Å². The van der Waals surface area contributed by atoms with Crippen LogP contribution < -0.4 is 4.74 Å². The summed E-state index contributed by atoms with van der Waals surface area (Å²) in [5.74, 6) is -0.222. The van der Waals surface area contributed by atoms with Crippen molar-refractivity contribution >= 4 is 6.29 Å². The molecule has 2 rings (SSSR count). The van der Waals surface area contributed by atoms with Crippen molar-refractivity contribution in [3.8, 4) is 5.75 Å². The van der Waals surface area contributed by atoms with E-state index in [1.165, 1.54) is 6.07 Å². The maximum atomic E-state index is 13.6. The van der Waals surface area contributed by atoms with E-state index < -0.39 is 11.2 Å². The van der Waals surface area contributed by atoms with Gasteiger partial charge in [-0.05, 0) is 24.6 Å². The van der Waals surface area contributed by atoms with Crippen molar-refractivity contribution in [1.29, 1.82) is 0 Å². The van der Waals surface area contributed by atoms with Gasteiger partial charge in [0.25, 0.3) is 0 Å². The minimum atomic E-state index is -0.661. The van der Waals surface area contributed by atoms with Gasteiger partial charge in [0.2, 0.25) is 0 Å². The quantitative estimate of drug-likeness (QED) is 0.730. The summed E-state index contributed by atoms with van der Waals surface area (Å²) in [6, 6.07) is 4.62. The van der Waals surface area contributed by atoms with Crippen LogP contribution in [0.2, 0.25) is 0 Å². The van der Waals surface area contributed by atoms with Gasteiger partial charge in [0.15, 0.2) is 11.6 Å². The number of rotatable bonds is 4. The van der Waals surface area contributed by atoms with Crippen LogP contribution >= 0.6 is 0 Å². The van der Waals surface area contributed by atoms with Crippen molar-refractivity contribution in [3.05, 3.63) is 29.6 Å². The van der Waals surface area contributed by atoms with Gasteiger partial charge >= 0.3 is 0 Å². The fourth-order valence-electron chi connectivity index (χ4n) is 1.71. The zero-order chi connectivity index (χ0) is 11.6. The predicted molar refractivity (Wildman–Crippen MR) is 56.1 cm³/mol. The molecule has 0 bridgehead atoms. The topological polar surface area (TPSA) is 35.5 Å². The first kappa shape index (κ1) is 11.1. The Morgan fingerprint density at radius 3 is 2.75 bits per heavy atom. The van der Waals surface area contributed by atoms with Crippen molar-refractivity contribution in [2.24, 2.45) is 0 Å². The second-order valence-electron chi connectivity index (χ2n) is 3.85. The number of benzene rings is 1. The molecule has 16 heavy (non-hydrogen) atoms. The highest BCUT2D eigenvalue weighted by molar-refractivity contribution is 5.70. The lowest BCUT2D eigenvalue weighted by atomic mass is 9.80. The maximum absolute atomic E-state index is 13.6. The summed E-state index contributed by atoms with van der Waals surface area (Å²) in [4.78, 5) is 11.0. The molecule has 0 amide bonds. The van der Waals surface area contributed by atoms with Crippen molar-refractivity contribution in [1.82, 2.24) is 0 Å². The smallest absolute Gasteiger partial charge is 0.165 e. The molecule has 4 heteroatoms. The lowest BCUT2D eigenvalue weighted by molar-refractivity contribution is -0.129. The van der Waals surface area contributed by atoms with E-state index in [2.05, 4.69) is 0 Å². The second kappa shape index (κ2) is 4.22. The Kier molecular flexibility index (Phi) is 2.92. The number of carbonyl (C=O) groups excluding carboxylic acids is 1. The molecule has 86 valence electrons. The van der Waals surface area contributed by atoms with Crippen LogP contribution in [0.25, 0.3) is 0 Å². The number of hydrogen-bond donors (Lipinski definition) is 0. The number of halogens is 1. The molecule has 0 unspecified atom stereocenters. The molecule has 3 nitrogen and oxygen atoms in total. The van der Waals surface area contributed by atoms with Crippen molar-refractivity contribution in [2.45, 2.75) is 12.3 Å². The summed E-state index contributed by atoms with van der Waals surface area (Å²) >= 11 is 0. The zero-order valence-electron chi connectivity index (χ0n) is 9.03. The van der Waals surface area contributed by atoms with Gasteiger partial charge in [-0.2, -0.15) is 0 Å². The summed E-state index contributed by atoms with van der Waals surface area (Å²) < 4.78 is 23.7. The molecule has 0 radical (unpaired) electrons. The monoisotopic (exact) mass is 224 g/mol. The molecular formula is C12H13FO3. The number of carbonyl (C=O) groups is 1. The first-order valence-corrected chi connectivity index (χ1v) is 5.19. The molecular weight excluding hydrogens is 211 g/mol. The average molecular weight is 224 g/mol. The van der Waals surface area contributed by atoms with Gasteiger partial charge in [-0.15, -0.1) is 0 Å². The van der Waals surface area contributed by atoms with E-state index in [9.17, 15) is 9.18 Å². The van der Waals surface area contributed by atoms with Crippen LogP contribution in [-0.2, 0) is 14.9 Å². The number of aldehydes is 1. The van der Waals surface area contributed by atoms with E-state index >= 15 is 0 Å². The van der Waals surface area contributed by atoms with E-state index in [1.807, 2.05) is 0 Å². The van der Waals surface area contributed by atoms with Crippen LogP contribution in [0.3, 0.4) is 0 Å². The largest absolute Gasteiger partial charge is 0.491 e. The van der Waals surface area contributed by atoms with E-state index in [-0.39, 0.29) is 5.75 Å². The lowest BCUT2D eigenvalue weighted by Gasteiger charge is -2.36. The van der Waals surface area contributed by atoms with Crippen LogP contribution in [0.1, 0.15) is 12.5 Å². The van der Waals surface area contributed by atoms with Gasteiger partial charge in [0, 0.05) is 0 Å². The third-order valence-corrected chi connectivity index (χ3v) is 2.75. The van der Waals surface area contributed by atoms with Gasteiger partial charge in [0.1, 0.15) is 6.29 Å². The summed E-state index contributed by atoms with van der Waals surface area (Å²) in [5, 5.41) is 0. The molecule has 0 saturated carbocycles. The molecule has 0 aliphatic carbocycles. The normalized spacial score (nSPS) is 17.6. The molecule has 1 heterocycles. The SMILES string of the molecule is CCOc1ccc(C2(C=O)COC2)cc1F. The molecule has 1 saturated heterocycles. The van der Waals surface area contributed by atoms with Crippen LogP contribution in [0.4, 0.5) is 4.39 Å². The fraction of sp³-hybridized carbons (Fsp3) is 0.417. The fourth-order valence-corrected chi connectivity index (χ4v) is 1.71. The summed E-state index contributed by atoms with van der Waals surface area (Å²) in [6.07, 6.45) is 0.825. The molecule has 0 N–H and O–H groups in total. The minimum Gasteiger partial charge on any atom is -0.491 e. The molecule has 1 fully saturated rings. The van der Waals surface area contributed by atoms with Gasteiger partial charge in [-0.1, -0.05) is 6.07 Å². The molecule has 0 spiro atoms. The Balaban J connectivity index is 2.30. The standard InChI is InChI=1S/C12H13FO3/c1-2-16-11-4-3-9(5-10(11)13)12(6-14)7-15-8-12/h3-6H,2,7-8H2,1H3. The van der Waals surface area contributed by atoms with E-state index in [1.54, 1.807) is 19.1 Å². The summed E-state index contributed by atoms with van der Waals surface area (Å²) in [5.41, 5.74) is -0.0133. The Morgan fingerprint density at radius 1 is 1.56 bits per heavy atom. The van der Waals surface area contributed by atoms with Crippen LogP contribution in [-0.4, -0.2) is 26.1 Å². The summed E-state index contributed by atoms with van der Waals surface area (Å²) in [7, 11) is 0. The van der Waals surface area contributed by atoms with Crippen LogP contribution in [0.15, 0.2) is 18.2 Å². The summed E-state index contributed by atoms with van der Waals surface area (Å²) in [6.45, 7) is 2.85. The van der Waals surface area contributed by atoms with E-state index in [0.717, 1.165) is 6.29 Å². The third-order valence-electron chi connectivity index (χ3n) is 2.75. The van der Waals surface area contributed by atoms with Gasteiger partial charge in [-0.25, -0.2) is 4.39 Å². The van der Waals surface area contributed by atoms with E-state index in [0.29, 0.717) is 25.4 Å². The highest BCUT2D eigenvalue weighted by Gasteiger charge is 2.40. The van der Waals surface area contributed by atoms with Crippen molar-refractivity contribution < 1.29 is 18.7 Å². The average Bonchev–Trinajstić information content (AvgIpc) is 2.21. The Morgan fingerprint density at radius 2 is 2.31 bits per heavy atom. The van der Waals surface area contributed by atoms with Crippen molar-refractivity contribution in [3.63, 3.8) is 0 Å². The highest BCUT2D eigenvalue weighted by atomic mass is 19.1. The maximum Gasteiger partial charge on any atom is 0.165 e. The Bertz CT molecular complexity index is 399. The minimum absolute atomic E-state index is 0.215. The highest BCUT2D eigenvalue weighted by Crippen LogP contribution is 2.32. The second-order valence-corrected chi connectivity index (χ2v) is 3.85. The third kappa shape index (κ3) is 1.69. The van der Waals surface area contributed by atoms with Crippen molar-refractivity contribution in [2.75, 3.05) is 19.8 Å². The van der Waals surface area contributed by atoms with Crippen LogP contribution in [0, 0.1) is 5.82 Å². The Labute approximate surface area is 93.2 Å². The lowest BCUT2D eigenvalue weighted by Crippen LogP contribution is -2.48. The van der Waals surface area contributed by atoms with E-state index in [4.69, 9.17) is 9.47 Å². The Hall–Kier alpha value is -1.42. The molecule has 0 atom stereocenters. The number of hydrogen-bond acceptors (Lipinski definition) is 3.